The lowest BCUT2D eigenvalue weighted by molar-refractivity contribution is 0.0572. The Kier molecular flexibility index (Phi) is 5.93. The molecule has 0 saturated carbocycles. The number of thiophene rings is 1. The number of β-amino-alcohol motifs (C(OH)–C–C–N with tert-alkyl or cyclic N) is 2. The van der Waals surface area contributed by atoms with Gasteiger partial charge < -0.3 is 19.8 Å². The third-order valence-corrected chi connectivity index (χ3v) is 6.48. The molecule has 2 atom stereocenters. The molecule has 164 valence electrons. The molecule has 2 N–H and O–H groups in total. The van der Waals surface area contributed by atoms with Gasteiger partial charge in [0.25, 0.3) is 5.91 Å². The predicted octanol–water partition coefficient (Wildman–Crippen LogP) is 3.42. The second kappa shape index (κ2) is 8.67. The average Bonchev–Trinajstić information content (AvgIpc) is 3.37. The van der Waals surface area contributed by atoms with Crippen LogP contribution in [0.4, 0.5) is 8.78 Å². The van der Waals surface area contributed by atoms with Gasteiger partial charge in [-0.15, -0.1) is 11.3 Å². The number of benzene rings is 2. The van der Waals surface area contributed by atoms with E-state index in [-0.39, 0.29) is 29.3 Å². The highest BCUT2D eigenvalue weighted by Crippen LogP contribution is 2.41. The first kappa shape index (κ1) is 21.9. The fourth-order valence-electron chi connectivity index (χ4n) is 3.60. The van der Waals surface area contributed by atoms with Gasteiger partial charge in [0, 0.05) is 23.5 Å². The number of amides is 1. The van der Waals surface area contributed by atoms with Crippen molar-refractivity contribution in [1.29, 1.82) is 5.26 Å². The normalized spacial score (nSPS) is 17.9. The van der Waals surface area contributed by atoms with Crippen molar-refractivity contribution in [2.45, 2.75) is 12.2 Å². The van der Waals surface area contributed by atoms with Crippen molar-refractivity contribution >= 4 is 17.2 Å². The molecule has 1 amide bonds. The summed E-state index contributed by atoms with van der Waals surface area (Å²) in [7, 11) is 1.35. The molecule has 1 saturated heterocycles. The maximum absolute atomic E-state index is 14.4. The molecule has 2 aromatic carbocycles. The Morgan fingerprint density at radius 2 is 1.75 bits per heavy atom. The van der Waals surface area contributed by atoms with Crippen LogP contribution in [0, 0.1) is 23.0 Å². The third-order valence-electron chi connectivity index (χ3n) is 5.30. The van der Waals surface area contributed by atoms with E-state index in [9.17, 15) is 23.8 Å². The number of nitriles is 1. The largest absolute Gasteiger partial charge is 0.494 e. The van der Waals surface area contributed by atoms with Crippen LogP contribution in [0.1, 0.15) is 15.2 Å². The quantitative estimate of drug-likeness (QED) is 0.628. The van der Waals surface area contributed by atoms with Gasteiger partial charge in [-0.25, -0.2) is 8.78 Å². The van der Waals surface area contributed by atoms with E-state index in [1.54, 1.807) is 24.3 Å². The second-order valence-electron chi connectivity index (χ2n) is 7.35. The molecule has 0 bridgehead atoms. The first-order valence-electron chi connectivity index (χ1n) is 9.65. The zero-order valence-electron chi connectivity index (χ0n) is 16.9. The molecule has 1 aromatic heterocycles. The Morgan fingerprint density at radius 1 is 1.09 bits per heavy atom. The van der Waals surface area contributed by atoms with Crippen LogP contribution >= 0.6 is 11.3 Å². The van der Waals surface area contributed by atoms with E-state index in [1.807, 2.05) is 0 Å². The van der Waals surface area contributed by atoms with Crippen LogP contribution in [0.15, 0.2) is 42.5 Å². The molecule has 6 nitrogen and oxygen atoms in total. The summed E-state index contributed by atoms with van der Waals surface area (Å²) in [6.45, 7) is -0.0174. The van der Waals surface area contributed by atoms with E-state index in [1.165, 1.54) is 36.3 Å². The molecule has 0 spiro atoms. The summed E-state index contributed by atoms with van der Waals surface area (Å²) in [5.41, 5.74) is 1.27. The van der Waals surface area contributed by atoms with E-state index < -0.39 is 29.7 Å². The Labute approximate surface area is 186 Å². The van der Waals surface area contributed by atoms with Gasteiger partial charge in [0.2, 0.25) is 0 Å². The number of aliphatic hydroxyl groups is 2. The number of nitrogens with zero attached hydrogens (tertiary/aromatic N) is 2. The Balaban J connectivity index is 1.82. The van der Waals surface area contributed by atoms with Gasteiger partial charge in [-0.05, 0) is 47.5 Å². The smallest absolute Gasteiger partial charge is 0.264 e. The number of halogens is 2. The highest BCUT2D eigenvalue weighted by molar-refractivity contribution is 7.18. The topological polar surface area (TPSA) is 93.8 Å². The van der Waals surface area contributed by atoms with Crippen molar-refractivity contribution in [1.82, 2.24) is 4.90 Å². The summed E-state index contributed by atoms with van der Waals surface area (Å²) >= 11 is 1.09. The maximum Gasteiger partial charge on any atom is 0.264 e. The zero-order chi connectivity index (χ0) is 23.0. The summed E-state index contributed by atoms with van der Waals surface area (Å²) < 4.78 is 33.7. The van der Waals surface area contributed by atoms with E-state index in [4.69, 9.17) is 10.00 Å². The van der Waals surface area contributed by atoms with Crippen LogP contribution in [-0.2, 0) is 0 Å². The monoisotopic (exact) mass is 456 g/mol. The minimum atomic E-state index is -1.03. The van der Waals surface area contributed by atoms with E-state index in [0.29, 0.717) is 21.6 Å². The molecule has 1 fully saturated rings. The number of hydrogen-bond acceptors (Lipinski definition) is 6. The molecule has 1 aliphatic heterocycles. The van der Waals surface area contributed by atoms with Crippen LogP contribution < -0.4 is 4.74 Å². The van der Waals surface area contributed by atoms with E-state index in [0.717, 1.165) is 11.3 Å². The van der Waals surface area contributed by atoms with Crippen LogP contribution in [0.25, 0.3) is 21.6 Å². The molecule has 32 heavy (non-hydrogen) atoms. The summed E-state index contributed by atoms with van der Waals surface area (Å²) in [5, 5.41) is 28.6. The molecular formula is C23H18F2N2O4S. The van der Waals surface area contributed by atoms with E-state index in [2.05, 4.69) is 0 Å². The van der Waals surface area contributed by atoms with Gasteiger partial charge in [0.1, 0.15) is 11.9 Å². The third kappa shape index (κ3) is 3.96. The fourth-order valence-corrected chi connectivity index (χ4v) is 4.74. The maximum atomic E-state index is 14.4. The molecule has 2 heterocycles. The molecule has 0 radical (unpaired) electrons. The van der Waals surface area contributed by atoms with Crippen molar-refractivity contribution in [3.8, 4) is 33.4 Å². The number of aliphatic hydroxyl groups excluding tert-OH is 2. The molecule has 0 unspecified atom stereocenters. The standard InChI is InChI=1S/C23H18F2N2O4S/c1-31-20-5-4-13(7-17(20)25)22-15(12-2-3-14(9-26)16(24)6-12)8-21(32-22)23(30)27-10-18(28)19(29)11-27/h2-8,18-19,28-29H,10-11H2,1H3/t18-,19-/m0/s1. The number of rotatable bonds is 4. The minimum absolute atomic E-state index is 0.00871. The number of methoxy groups -OCH3 is 1. The van der Waals surface area contributed by atoms with Crippen LogP contribution in [0.2, 0.25) is 0 Å². The summed E-state index contributed by atoms with van der Waals surface area (Å²) in [6, 6.07) is 11.8. The van der Waals surface area contributed by atoms with Crippen molar-refractivity contribution < 1.29 is 28.5 Å². The first-order valence-corrected chi connectivity index (χ1v) is 10.5. The van der Waals surface area contributed by atoms with E-state index >= 15 is 0 Å². The summed E-state index contributed by atoms with van der Waals surface area (Å²) in [4.78, 5) is 15.2. The van der Waals surface area contributed by atoms with Crippen molar-refractivity contribution in [2.24, 2.45) is 0 Å². The second-order valence-corrected chi connectivity index (χ2v) is 8.41. The summed E-state index contributed by atoms with van der Waals surface area (Å²) in [5.74, 6) is -1.63. The first-order chi connectivity index (χ1) is 15.3. The Bertz CT molecular complexity index is 1230. The number of hydrogen-bond donors (Lipinski definition) is 2. The SMILES string of the molecule is COc1ccc(-c2sc(C(=O)N3C[C@H](O)[C@@H](O)C3)cc2-c2ccc(C#N)c(F)c2)cc1F. The predicted molar refractivity (Wildman–Crippen MR) is 114 cm³/mol. The minimum Gasteiger partial charge on any atom is -0.494 e. The lowest BCUT2D eigenvalue weighted by Gasteiger charge is -2.13. The highest BCUT2D eigenvalue weighted by Gasteiger charge is 2.34. The summed E-state index contributed by atoms with van der Waals surface area (Å²) in [6.07, 6.45) is -2.05. The van der Waals surface area contributed by atoms with Gasteiger partial charge in [0.05, 0.1) is 29.8 Å². The van der Waals surface area contributed by atoms with Gasteiger partial charge >= 0.3 is 0 Å². The van der Waals surface area contributed by atoms with Crippen LogP contribution in [0.5, 0.6) is 5.75 Å². The molecule has 3 aromatic rings. The lowest BCUT2D eigenvalue weighted by Crippen LogP contribution is -2.29. The van der Waals surface area contributed by atoms with Gasteiger partial charge in [-0.2, -0.15) is 5.26 Å². The number of carbonyl (C=O) groups is 1. The fraction of sp³-hybridized carbons (Fsp3) is 0.217. The van der Waals surface area contributed by atoms with Crippen molar-refractivity contribution in [3.05, 3.63) is 64.5 Å². The number of carbonyl (C=O) groups excluding carboxylic acids is 1. The van der Waals surface area contributed by atoms with Crippen molar-refractivity contribution in [3.63, 3.8) is 0 Å². The number of ether oxygens (including phenoxy) is 1. The highest BCUT2D eigenvalue weighted by atomic mass is 32.1. The van der Waals surface area contributed by atoms with Crippen LogP contribution in [-0.4, -0.2) is 53.4 Å². The molecule has 0 aliphatic carbocycles. The number of likely N-dealkylation sites (tertiary alicyclic amines) is 1. The average molecular weight is 456 g/mol. The molecule has 4 rings (SSSR count). The molecule has 1 aliphatic rings. The Hall–Kier alpha value is -3.32. The van der Waals surface area contributed by atoms with Gasteiger partial charge in [0.15, 0.2) is 11.6 Å². The lowest BCUT2D eigenvalue weighted by atomic mass is 10.0. The van der Waals surface area contributed by atoms with Gasteiger partial charge in [-0.1, -0.05) is 6.07 Å². The van der Waals surface area contributed by atoms with Crippen LogP contribution in [0.3, 0.4) is 0 Å². The van der Waals surface area contributed by atoms with Gasteiger partial charge in [-0.3, -0.25) is 4.79 Å². The van der Waals surface area contributed by atoms with Crippen molar-refractivity contribution in [2.75, 3.05) is 20.2 Å². The Morgan fingerprint density at radius 3 is 2.34 bits per heavy atom. The molecular weight excluding hydrogens is 438 g/mol. The molecule has 9 heteroatoms. The zero-order valence-corrected chi connectivity index (χ0v) is 17.7.